The van der Waals surface area contributed by atoms with Crippen molar-refractivity contribution in [2.75, 3.05) is 7.05 Å². The topological polar surface area (TPSA) is 37.4 Å². The number of hydrogen-bond acceptors (Lipinski definition) is 2. The highest BCUT2D eigenvalue weighted by atomic mass is 32.1. The van der Waals surface area contributed by atoms with Gasteiger partial charge in [-0.15, -0.1) is 0 Å². The fourth-order valence-corrected chi connectivity index (χ4v) is 0.865. The average Bonchev–Trinajstić information content (AvgIpc) is 2.02. The highest BCUT2D eigenvalue weighted by Gasteiger charge is 2.20. The van der Waals surface area contributed by atoms with Gasteiger partial charge in [0, 0.05) is 19.9 Å². The van der Waals surface area contributed by atoms with Crippen molar-refractivity contribution in [3.8, 4) is 0 Å². The molecular weight excluding hydrogens is 198 g/mol. The van der Waals surface area contributed by atoms with Crippen LogP contribution in [0.2, 0.25) is 0 Å². The van der Waals surface area contributed by atoms with Gasteiger partial charge in [0.25, 0.3) is 0 Å². The van der Waals surface area contributed by atoms with E-state index in [0.29, 0.717) is 12.8 Å². The number of likely N-dealkylation sites (tertiary alicyclic amines) is 1. The lowest BCUT2D eigenvalue weighted by atomic mass is 10.1. The molecule has 0 radical (unpaired) electrons. The van der Waals surface area contributed by atoms with Crippen molar-refractivity contribution in [1.29, 1.82) is 0 Å². The third kappa shape index (κ3) is 6.95. The van der Waals surface area contributed by atoms with E-state index in [1.54, 1.807) is 0 Å². The smallest absolute Gasteiger partial charge is 0.228 e. The van der Waals surface area contributed by atoms with E-state index in [1.165, 1.54) is 18.4 Å². The summed E-state index contributed by atoms with van der Waals surface area (Å²) in [5, 5.41) is 0. The van der Waals surface area contributed by atoms with Crippen molar-refractivity contribution < 1.29 is 9.59 Å². The molecule has 0 saturated carbocycles. The molecule has 0 spiro atoms. The second-order valence-corrected chi connectivity index (χ2v) is 2.91. The van der Waals surface area contributed by atoms with Crippen LogP contribution in [-0.4, -0.2) is 23.8 Å². The lowest BCUT2D eigenvalue weighted by molar-refractivity contribution is -0.146. The molecule has 0 bridgehead atoms. The molecule has 14 heavy (non-hydrogen) atoms. The summed E-state index contributed by atoms with van der Waals surface area (Å²) in [6.45, 7) is 4.25. The SMILES string of the molecule is C.CCC.CN1C(=O)CCCC1=O.S. The first-order valence-corrected chi connectivity index (χ1v) is 4.42. The van der Waals surface area contributed by atoms with Gasteiger partial charge in [-0.1, -0.05) is 27.7 Å². The van der Waals surface area contributed by atoms with E-state index in [4.69, 9.17) is 0 Å². The minimum atomic E-state index is -0.0498. The van der Waals surface area contributed by atoms with E-state index in [-0.39, 0.29) is 32.7 Å². The van der Waals surface area contributed by atoms with Crippen LogP contribution in [0.5, 0.6) is 0 Å². The van der Waals surface area contributed by atoms with Crippen molar-refractivity contribution >= 4 is 25.3 Å². The molecule has 3 nitrogen and oxygen atoms in total. The Hall–Kier alpha value is -0.510. The quantitative estimate of drug-likeness (QED) is 0.589. The maximum atomic E-state index is 10.7. The van der Waals surface area contributed by atoms with Crippen LogP contribution in [0.3, 0.4) is 0 Å². The lowest BCUT2D eigenvalue weighted by Gasteiger charge is -2.19. The third-order valence-electron chi connectivity index (χ3n) is 1.53. The summed E-state index contributed by atoms with van der Waals surface area (Å²) in [7, 11) is 1.53. The Labute approximate surface area is 94.3 Å². The second-order valence-electron chi connectivity index (χ2n) is 2.91. The Morgan fingerprint density at radius 1 is 1.14 bits per heavy atom. The molecule has 0 aromatic heterocycles. The van der Waals surface area contributed by atoms with Gasteiger partial charge in [-0.2, -0.15) is 13.5 Å². The van der Waals surface area contributed by atoms with Crippen LogP contribution in [0, 0.1) is 0 Å². The Morgan fingerprint density at radius 2 is 1.43 bits per heavy atom. The van der Waals surface area contributed by atoms with Gasteiger partial charge in [0.05, 0.1) is 0 Å². The molecule has 1 heterocycles. The van der Waals surface area contributed by atoms with E-state index >= 15 is 0 Å². The van der Waals surface area contributed by atoms with E-state index in [0.717, 1.165) is 6.42 Å². The van der Waals surface area contributed by atoms with Gasteiger partial charge >= 0.3 is 0 Å². The van der Waals surface area contributed by atoms with Crippen molar-refractivity contribution in [3.05, 3.63) is 0 Å². The summed E-state index contributed by atoms with van der Waals surface area (Å²) in [6, 6.07) is 0. The number of carbonyl (C=O) groups is 2. The van der Waals surface area contributed by atoms with E-state index in [9.17, 15) is 9.59 Å². The molecule has 1 fully saturated rings. The molecule has 0 aromatic rings. The van der Waals surface area contributed by atoms with Crippen LogP contribution in [0.15, 0.2) is 0 Å². The average molecular weight is 221 g/mol. The van der Waals surface area contributed by atoms with Crippen molar-refractivity contribution in [1.82, 2.24) is 4.90 Å². The molecule has 1 aliphatic heterocycles. The van der Waals surface area contributed by atoms with Crippen LogP contribution in [0.1, 0.15) is 47.0 Å². The van der Waals surface area contributed by atoms with Crippen molar-refractivity contribution in [2.45, 2.75) is 47.0 Å². The van der Waals surface area contributed by atoms with Gasteiger partial charge in [0.2, 0.25) is 11.8 Å². The molecule has 86 valence electrons. The predicted molar refractivity (Wildman–Crippen MR) is 64.7 cm³/mol. The highest BCUT2D eigenvalue weighted by molar-refractivity contribution is 7.59. The van der Waals surface area contributed by atoms with E-state index in [2.05, 4.69) is 13.8 Å². The fraction of sp³-hybridized carbons (Fsp3) is 0.800. The summed E-state index contributed by atoms with van der Waals surface area (Å²) >= 11 is 0. The van der Waals surface area contributed by atoms with Gasteiger partial charge in [0.1, 0.15) is 0 Å². The molecule has 1 rings (SSSR count). The summed E-state index contributed by atoms with van der Waals surface area (Å²) in [5.41, 5.74) is 0. The minimum absolute atomic E-state index is 0. The number of rotatable bonds is 0. The molecular formula is C10H23NO2S. The fourth-order valence-electron chi connectivity index (χ4n) is 0.865. The van der Waals surface area contributed by atoms with Crippen molar-refractivity contribution in [3.63, 3.8) is 0 Å². The molecule has 2 amide bonds. The monoisotopic (exact) mass is 221 g/mol. The van der Waals surface area contributed by atoms with Crippen LogP contribution in [0.25, 0.3) is 0 Å². The first kappa shape index (κ1) is 19.1. The first-order valence-electron chi connectivity index (χ1n) is 4.42. The van der Waals surface area contributed by atoms with Crippen LogP contribution in [0.4, 0.5) is 0 Å². The van der Waals surface area contributed by atoms with Gasteiger partial charge in [-0.05, 0) is 6.42 Å². The highest BCUT2D eigenvalue weighted by Crippen LogP contribution is 2.08. The van der Waals surface area contributed by atoms with E-state index in [1.807, 2.05) is 0 Å². The van der Waals surface area contributed by atoms with Gasteiger partial charge in [-0.25, -0.2) is 0 Å². The van der Waals surface area contributed by atoms with Gasteiger partial charge < -0.3 is 0 Å². The van der Waals surface area contributed by atoms with Gasteiger partial charge in [0.15, 0.2) is 0 Å². The van der Waals surface area contributed by atoms with Crippen molar-refractivity contribution in [2.24, 2.45) is 0 Å². The molecule has 0 aromatic carbocycles. The van der Waals surface area contributed by atoms with Gasteiger partial charge in [-0.3, -0.25) is 14.5 Å². The summed E-state index contributed by atoms with van der Waals surface area (Å²) < 4.78 is 0. The molecule has 0 unspecified atom stereocenters. The Balaban J connectivity index is -0.000000218. The minimum Gasteiger partial charge on any atom is -0.286 e. The maximum absolute atomic E-state index is 10.7. The Bertz CT molecular complexity index is 156. The Kier molecular flexibility index (Phi) is 14.4. The Morgan fingerprint density at radius 3 is 1.64 bits per heavy atom. The van der Waals surface area contributed by atoms with Crippen LogP contribution in [-0.2, 0) is 9.59 Å². The zero-order chi connectivity index (χ0) is 9.56. The normalized spacial score (nSPS) is 14.6. The summed E-state index contributed by atoms with van der Waals surface area (Å²) in [6.07, 6.45) is 3.03. The number of carbonyl (C=O) groups excluding carboxylic acids is 2. The number of imide groups is 1. The standard InChI is InChI=1S/C6H9NO2.C3H8.CH4.H2S/c1-7-5(8)3-2-4-6(7)9;1-3-2;;/h2-4H2,1H3;3H2,1-2H3;1H4;1H2. The predicted octanol–water partition coefficient (Wildman–Crippen LogP) is 2.32. The molecule has 0 aliphatic carbocycles. The first-order chi connectivity index (χ1) is 5.63. The molecule has 0 N–H and O–H groups in total. The third-order valence-corrected chi connectivity index (χ3v) is 1.53. The molecule has 1 saturated heterocycles. The van der Waals surface area contributed by atoms with Crippen LogP contribution >= 0.6 is 13.5 Å². The maximum Gasteiger partial charge on any atom is 0.228 e. The second kappa shape index (κ2) is 10.6. The zero-order valence-electron chi connectivity index (χ0n) is 8.59. The molecule has 1 aliphatic rings. The van der Waals surface area contributed by atoms with E-state index < -0.39 is 0 Å². The number of amides is 2. The number of piperidine rings is 1. The zero-order valence-corrected chi connectivity index (χ0v) is 9.59. The molecule has 0 atom stereocenters. The number of hydrogen-bond donors (Lipinski definition) is 0. The molecule has 4 heteroatoms. The summed E-state index contributed by atoms with van der Waals surface area (Å²) in [5.74, 6) is -0.0995. The summed E-state index contributed by atoms with van der Waals surface area (Å²) in [4.78, 5) is 22.6. The largest absolute Gasteiger partial charge is 0.286 e. The number of nitrogens with zero attached hydrogens (tertiary/aromatic N) is 1. The lowest BCUT2D eigenvalue weighted by Crippen LogP contribution is -2.36. The van der Waals surface area contributed by atoms with Crippen LogP contribution < -0.4 is 0 Å².